The van der Waals surface area contributed by atoms with Crippen LogP contribution in [0.2, 0.25) is 0 Å². The van der Waals surface area contributed by atoms with Gasteiger partial charge in [0.2, 0.25) is 0 Å². The van der Waals surface area contributed by atoms with Crippen LogP contribution in [-0.4, -0.2) is 13.1 Å². The van der Waals surface area contributed by atoms with Crippen molar-refractivity contribution in [3.05, 3.63) is 70.5 Å². The van der Waals surface area contributed by atoms with E-state index in [1.807, 2.05) is 26.0 Å². The summed E-state index contributed by atoms with van der Waals surface area (Å²) < 4.78 is 19.0. The highest BCUT2D eigenvalue weighted by Gasteiger charge is 2.20. The highest BCUT2D eigenvalue weighted by atomic mass is 19.1. The van der Waals surface area contributed by atoms with Crippen molar-refractivity contribution in [2.75, 3.05) is 7.11 Å². The maximum Gasteiger partial charge on any atom is 0.305 e. The highest BCUT2D eigenvalue weighted by molar-refractivity contribution is 5.69. The van der Waals surface area contributed by atoms with Gasteiger partial charge in [0.15, 0.2) is 0 Å². The molecule has 122 valence electrons. The number of ether oxygens (including phenoxy) is 1. The molecule has 0 heterocycles. The first-order valence-electron chi connectivity index (χ1n) is 7.91. The van der Waals surface area contributed by atoms with Gasteiger partial charge in [0.1, 0.15) is 5.82 Å². The van der Waals surface area contributed by atoms with Crippen molar-refractivity contribution in [3.8, 4) is 0 Å². The van der Waals surface area contributed by atoms with Crippen molar-refractivity contribution in [1.29, 1.82) is 0 Å². The number of hydrogen-bond acceptors (Lipinski definition) is 2. The molecule has 1 atom stereocenters. The fourth-order valence-corrected chi connectivity index (χ4v) is 2.92. The Labute approximate surface area is 137 Å². The van der Waals surface area contributed by atoms with Crippen LogP contribution >= 0.6 is 0 Å². The summed E-state index contributed by atoms with van der Waals surface area (Å²) in [5.41, 5.74) is 4.10. The van der Waals surface area contributed by atoms with Crippen LogP contribution in [0.1, 0.15) is 47.4 Å². The van der Waals surface area contributed by atoms with Crippen LogP contribution in [0.4, 0.5) is 4.39 Å². The van der Waals surface area contributed by atoms with Crippen molar-refractivity contribution < 1.29 is 13.9 Å². The normalized spacial score (nSPS) is 12.0. The zero-order valence-corrected chi connectivity index (χ0v) is 13.9. The van der Waals surface area contributed by atoms with Gasteiger partial charge in [-0.15, -0.1) is 0 Å². The van der Waals surface area contributed by atoms with Crippen molar-refractivity contribution in [2.24, 2.45) is 0 Å². The van der Waals surface area contributed by atoms with E-state index in [0.717, 1.165) is 16.7 Å². The summed E-state index contributed by atoms with van der Waals surface area (Å²) in [6.07, 6.45) is 1.73. The average molecular weight is 314 g/mol. The van der Waals surface area contributed by atoms with Crippen LogP contribution in [0.3, 0.4) is 0 Å². The number of hydrogen-bond donors (Lipinski definition) is 0. The predicted octanol–water partition coefficient (Wildman–Crippen LogP) is 4.92. The van der Waals surface area contributed by atoms with Gasteiger partial charge in [-0.2, -0.15) is 0 Å². The second-order valence-corrected chi connectivity index (χ2v) is 5.90. The Hall–Kier alpha value is -2.16. The number of methoxy groups -OCH3 is 1. The van der Waals surface area contributed by atoms with E-state index in [2.05, 4.69) is 18.2 Å². The lowest BCUT2D eigenvalue weighted by molar-refractivity contribution is -0.140. The Morgan fingerprint density at radius 2 is 1.87 bits per heavy atom. The van der Waals surface area contributed by atoms with Crippen molar-refractivity contribution in [3.63, 3.8) is 0 Å². The molecule has 0 amide bonds. The molecule has 0 saturated heterocycles. The summed E-state index contributed by atoms with van der Waals surface area (Å²) in [5.74, 6) is -0.476. The third-order valence-corrected chi connectivity index (χ3v) is 4.19. The van der Waals surface area contributed by atoms with Gasteiger partial charge in [0.25, 0.3) is 0 Å². The van der Waals surface area contributed by atoms with Crippen LogP contribution in [0.25, 0.3) is 0 Å². The number of aryl methyl sites for hydroxylation is 2. The van der Waals surface area contributed by atoms with Gasteiger partial charge >= 0.3 is 5.97 Å². The monoisotopic (exact) mass is 314 g/mol. The highest BCUT2D eigenvalue weighted by Crippen LogP contribution is 2.33. The molecule has 0 N–H and O–H groups in total. The molecular weight excluding hydrogens is 291 g/mol. The Morgan fingerprint density at radius 1 is 1.13 bits per heavy atom. The van der Waals surface area contributed by atoms with E-state index in [9.17, 15) is 9.18 Å². The Kier molecular flexibility index (Phi) is 5.91. The van der Waals surface area contributed by atoms with Crippen molar-refractivity contribution >= 4 is 5.97 Å². The van der Waals surface area contributed by atoms with E-state index in [-0.39, 0.29) is 17.7 Å². The minimum absolute atomic E-state index is 0.0549. The van der Waals surface area contributed by atoms with Crippen LogP contribution < -0.4 is 0 Å². The van der Waals surface area contributed by atoms with E-state index >= 15 is 0 Å². The molecule has 0 aliphatic carbocycles. The molecule has 2 aromatic rings. The van der Waals surface area contributed by atoms with Gasteiger partial charge in [-0.3, -0.25) is 4.79 Å². The SMILES string of the molecule is COC(=O)CCCC(c1cc(C)ccc1C)c1ccccc1F. The summed E-state index contributed by atoms with van der Waals surface area (Å²) in [7, 11) is 1.39. The fraction of sp³-hybridized carbons (Fsp3) is 0.350. The molecule has 0 aromatic heterocycles. The summed E-state index contributed by atoms with van der Waals surface area (Å²) >= 11 is 0. The Morgan fingerprint density at radius 3 is 2.57 bits per heavy atom. The van der Waals surface area contributed by atoms with E-state index in [0.29, 0.717) is 24.8 Å². The second kappa shape index (κ2) is 7.91. The average Bonchev–Trinajstić information content (AvgIpc) is 2.55. The van der Waals surface area contributed by atoms with E-state index in [1.165, 1.54) is 13.2 Å². The molecule has 23 heavy (non-hydrogen) atoms. The summed E-state index contributed by atoms with van der Waals surface area (Å²) in [4.78, 5) is 11.4. The van der Waals surface area contributed by atoms with E-state index in [1.54, 1.807) is 6.07 Å². The fourth-order valence-electron chi connectivity index (χ4n) is 2.92. The summed E-state index contributed by atoms with van der Waals surface area (Å²) in [5, 5.41) is 0. The van der Waals surface area contributed by atoms with Crippen LogP contribution in [0.5, 0.6) is 0 Å². The lowest BCUT2D eigenvalue weighted by atomic mass is 9.84. The Balaban J connectivity index is 2.33. The van der Waals surface area contributed by atoms with Gasteiger partial charge in [-0.1, -0.05) is 42.0 Å². The topological polar surface area (TPSA) is 26.3 Å². The van der Waals surface area contributed by atoms with Crippen LogP contribution in [0.15, 0.2) is 42.5 Å². The van der Waals surface area contributed by atoms with Crippen molar-refractivity contribution in [2.45, 2.75) is 39.0 Å². The summed E-state index contributed by atoms with van der Waals surface area (Å²) in [6, 6.07) is 13.1. The lowest BCUT2D eigenvalue weighted by Gasteiger charge is -2.21. The molecule has 2 rings (SSSR count). The molecule has 0 radical (unpaired) electrons. The molecule has 2 nitrogen and oxygen atoms in total. The molecule has 2 aromatic carbocycles. The third-order valence-electron chi connectivity index (χ3n) is 4.19. The standard InChI is InChI=1S/C20H23FO2/c1-14-11-12-15(2)18(13-14)16(8-6-10-20(22)23-3)17-7-4-5-9-19(17)21/h4-5,7,9,11-13,16H,6,8,10H2,1-3H3. The zero-order valence-electron chi connectivity index (χ0n) is 13.9. The number of benzene rings is 2. The predicted molar refractivity (Wildman–Crippen MR) is 90.0 cm³/mol. The first-order valence-corrected chi connectivity index (χ1v) is 7.91. The largest absolute Gasteiger partial charge is 0.469 e. The molecule has 0 aliphatic heterocycles. The number of carbonyl (C=O) groups is 1. The first-order chi connectivity index (χ1) is 11.0. The van der Waals surface area contributed by atoms with Gasteiger partial charge in [-0.25, -0.2) is 4.39 Å². The van der Waals surface area contributed by atoms with Crippen LogP contribution in [0, 0.1) is 19.7 Å². The van der Waals surface area contributed by atoms with Crippen LogP contribution in [-0.2, 0) is 9.53 Å². The van der Waals surface area contributed by atoms with Gasteiger partial charge in [0, 0.05) is 12.3 Å². The molecule has 0 aliphatic rings. The maximum absolute atomic E-state index is 14.3. The minimum Gasteiger partial charge on any atom is -0.469 e. The Bertz CT molecular complexity index is 679. The number of esters is 1. The molecule has 0 fully saturated rings. The number of rotatable bonds is 6. The molecule has 0 saturated carbocycles. The third kappa shape index (κ3) is 4.41. The van der Waals surface area contributed by atoms with Gasteiger partial charge < -0.3 is 4.74 Å². The molecular formula is C20H23FO2. The number of halogens is 1. The molecule has 3 heteroatoms. The maximum atomic E-state index is 14.3. The zero-order chi connectivity index (χ0) is 16.8. The first kappa shape index (κ1) is 17.2. The van der Waals surface area contributed by atoms with E-state index in [4.69, 9.17) is 4.74 Å². The molecule has 1 unspecified atom stereocenters. The smallest absolute Gasteiger partial charge is 0.305 e. The van der Waals surface area contributed by atoms with Gasteiger partial charge in [-0.05, 0) is 49.4 Å². The van der Waals surface area contributed by atoms with Crippen molar-refractivity contribution in [1.82, 2.24) is 0 Å². The quantitative estimate of drug-likeness (QED) is 0.708. The molecule has 0 bridgehead atoms. The summed E-state index contributed by atoms with van der Waals surface area (Å²) in [6.45, 7) is 4.08. The lowest BCUT2D eigenvalue weighted by Crippen LogP contribution is -2.08. The number of carbonyl (C=O) groups excluding carboxylic acids is 1. The van der Waals surface area contributed by atoms with Gasteiger partial charge in [0.05, 0.1) is 7.11 Å². The second-order valence-electron chi connectivity index (χ2n) is 5.90. The van der Waals surface area contributed by atoms with E-state index < -0.39 is 0 Å². The molecule has 0 spiro atoms. The minimum atomic E-state index is -0.224.